The van der Waals surface area contributed by atoms with Crippen LogP contribution in [-0.4, -0.2) is 34.8 Å². The molecule has 2 rings (SSSR count). The van der Waals surface area contributed by atoms with Crippen LogP contribution in [-0.2, 0) is 9.59 Å². The highest BCUT2D eigenvalue weighted by molar-refractivity contribution is 6.00. The van der Waals surface area contributed by atoms with Gasteiger partial charge in [-0.25, -0.2) is 0 Å². The van der Waals surface area contributed by atoms with E-state index in [1.165, 1.54) is 0 Å². The lowest BCUT2D eigenvalue weighted by atomic mass is 9.87. The summed E-state index contributed by atoms with van der Waals surface area (Å²) in [4.78, 5) is 27.2. The van der Waals surface area contributed by atoms with E-state index in [2.05, 4.69) is 26.1 Å². The first-order valence-electron chi connectivity index (χ1n) is 8.07. The molecule has 3 atom stereocenters. The molecule has 2 amide bonds. The van der Waals surface area contributed by atoms with Gasteiger partial charge in [-0.2, -0.15) is 0 Å². The molecule has 4 heteroatoms. The van der Waals surface area contributed by atoms with E-state index in [4.69, 9.17) is 0 Å². The largest absolute Gasteiger partial charge is 0.340 e. The lowest BCUT2D eigenvalue weighted by molar-refractivity contribution is -0.156. The fourth-order valence-electron chi connectivity index (χ4n) is 3.15. The maximum atomic E-state index is 12.9. The van der Waals surface area contributed by atoms with E-state index in [1.54, 1.807) is 0 Å². The minimum absolute atomic E-state index is 0.0455. The van der Waals surface area contributed by atoms with Gasteiger partial charge < -0.3 is 10.2 Å². The van der Waals surface area contributed by atoms with Crippen LogP contribution in [0.2, 0.25) is 0 Å². The smallest absolute Gasteiger partial charge is 0.249 e. The van der Waals surface area contributed by atoms with Crippen molar-refractivity contribution >= 4 is 11.8 Å². The normalized spacial score (nSPS) is 32.2. The Morgan fingerprint density at radius 3 is 2.50 bits per heavy atom. The van der Waals surface area contributed by atoms with Crippen LogP contribution in [0.5, 0.6) is 0 Å². The Balaban J connectivity index is 2.23. The molecule has 1 N–H and O–H groups in total. The molecule has 0 aromatic heterocycles. The first kappa shape index (κ1) is 15.3. The van der Waals surface area contributed by atoms with Gasteiger partial charge in [-0.3, -0.25) is 9.59 Å². The zero-order chi connectivity index (χ0) is 14.9. The van der Waals surface area contributed by atoms with Crippen LogP contribution in [0.3, 0.4) is 0 Å². The number of carbonyl (C=O) groups excluding carboxylic acids is 2. The summed E-state index contributed by atoms with van der Waals surface area (Å²) in [6, 6.07) is -0.270. The molecule has 0 bridgehead atoms. The van der Waals surface area contributed by atoms with Crippen LogP contribution in [0.25, 0.3) is 0 Å². The maximum Gasteiger partial charge on any atom is 0.249 e. The van der Waals surface area contributed by atoms with E-state index in [-0.39, 0.29) is 17.9 Å². The lowest BCUT2D eigenvalue weighted by Gasteiger charge is -2.45. The number of carbonyl (C=O) groups is 2. The van der Waals surface area contributed by atoms with Gasteiger partial charge in [0.25, 0.3) is 0 Å². The number of rotatable bonds is 6. The van der Waals surface area contributed by atoms with Crippen molar-refractivity contribution in [2.45, 2.75) is 71.4 Å². The number of nitrogens with one attached hydrogen (secondary N) is 1. The third-order valence-electron chi connectivity index (χ3n) is 4.93. The van der Waals surface area contributed by atoms with Crippen molar-refractivity contribution in [2.75, 3.05) is 6.54 Å². The van der Waals surface area contributed by atoms with Gasteiger partial charge in [0.15, 0.2) is 0 Å². The number of nitrogens with zero attached hydrogens (tertiary/aromatic N) is 1. The molecule has 1 saturated heterocycles. The lowest BCUT2D eigenvalue weighted by Crippen LogP contribution is -2.70. The van der Waals surface area contributed by atoms with Crippen LogP contribution in [0.15, 0.2) is 0 Å². The van der Waals surface area contributed by atoms with Gasteiger partial charge in [-0.1, -0.05) is 33.6 Å². The second-order valence-corrected chi connectivity index (χ2v) is 6.74. The molecular formula is C16H28N2O2. The number of amides is 2. The fraction of sp³-hybridized carbons (Fsp3) is 0.875. The summed E-state index contributed by atoms with van der Waals surface area (Å²) >= 11 is 0. The molecule has 1 aliphatic carbocycles. The molecule has 0 radical (unpaired) electrons. The second kappa shape index (κ2) is 5.74. The van der Waals surface area contributed by atoms with Crippen molar-refractivity contribution in [3.8, 4) is 0 Å². The summed E-state index contributed by atoms with van der Waals surface area (Å²) in [5.74, 6) is 0.955. The van der Waals surface area contributed by atoms with Gasteiger partial charge >= 0.3 is 0 Å². The zero-order valence-electron chi connectivity index (χ0n) is 13.2. The molecule has 20 heavy (non-hydrogen) atoms. The van der Waals surface area contributed by atoms with Crippen LogP contribution < -0.4 is 5.32 Å². The van der Waals surface area contributed by atoms with Crippen LogP contribution in [0.1, 0.15) is 59.8 Å². The summed E-state index contributed by atoms with van der Waals surface area (Å²) < 4.78 is 0. The summed E-state index contributed by atoms with van der Waals surface area (Å²) in [7, 11) is 0. The summed E-state index contributed by atoms with van der Waals surface area (Å²) in [5, 5.41) is 3.03. The van der Waals surface area contributed by atoms with Gasteiger partial charge in [-0.05, 0) is 38.0 Å². The van der Waals surface area contributed by atoms with Gasteiger partial charge in [0, 0.05) is 6.54 Å². The molecule has 0 aromatic carbocycles. The monoisotopic (exact) mass is 280 g/mol. The van der Waals surface area contributed by atoms with Gasteiger partial charge in [0.05, 0.1) is 0 Å². The second-order valence-electron chi connectivity index (χ2n) is 6.74. The van der Waals surface area contributed by atoms with Crippen LogP contribution >= 0.6 is 0 Å². The Labute approximate surface area is 122 Å². The molecule has 2 aliphatic rings. The molecule has 0 spiro atoms. The van der Waals surface area contributed by atoms with Crippen molar-refractivity contribution in [3.05, 3.63) is 0 Å². The fourth-order valence-corrected chi connectivity index (χ4v) is 3.15. The van der Waals surface area contributed by atoms with Crippen molar-refractivity contribution in [3.63, 3.8) is 0 Å². The van der Waals surface area contributed by atoms with E-state index < -0.39 is 5.54 Å². The summed E-state index contributed by atoms with van der Waals surface area (Å²) in [6.45, 7) is 8.96. The SMILES string of the molecule is CCCC1C(=O)NC(C)(C2CC2)C(=O)N1CC(C)CC. The zero-order valence-corrected chi connectivity index (χ0v) is 13.2. The minimum Gasteiger partial charge on any atom is -0.340 e. The molecule has 1 saturated carbocycles. The molecule has 114 valence electrons. The average Bonchev–Trinajstić information content (AvgIpc) is 3.24. The summed E-state index contributed by atoms with van der Waals surface area (Å²) in [5.41, 5.74) is -0.658. The number of hydrogen-bond donors (Lipinski definition) is 1. The highest BCUT2D eigenvalue weighted by Crippen LogP contribution is 2.42. The van der Waals surface area contributed by atoms with Crippen molar-refractivity contribution in [2.24, 2.45) is 11.8 Å². The third kappa shape index (κ3) is 2.70. The highest BCUT2D eigenvalue weighted by atomic mass is 16.2. The van der Waals surface area contributed by atoms with Crippen molar-refractivity contribution in [1.82, 2.24) is 10.2 Å². The molecule has 1 heterocycles. The Hall–Kier alpha value is -1.06. The van der Waals surface area contributed by atoms with Crippen molar-refractivity contribution in [1.29, 1.82) is 0 Å². The number of piperazine rings is 1. The minimum atomic E-state index is -0.658. The van der Waals surface area contributed by atoms with Gasteiger partial charge in [0.2, 0.25) is 11.8 Å². The average molecular weight is 280 g/mol. The topological polar surface area (TPSA) is 49.4 Å². The molecule has 1 aliphatic heterocycles. The van der Waals surface area contributed by atoms with E-state index in [1.807, 2.05) is 11.8 Å². The Kier molecular flexibility index (Phi) is 4.40. The summed E-state index contributed by atoms with van der Waals surface area (Å²) in [6.07, 6.45) is 4.82. The third-order valence-corrected chi connectivity index (χ3v) is 4.93. The molecule has 2 fully saturated rings. The first-order valence-corrected chi connectivity index (χ1v) is 8.07. The quantitative estimate of drug-likeness (QED) is 0.812. The van der Waals surface area contributed by atoms with E-state index in [0.29, 0.717) is 18.4 Å². The van der Waals surface area contributed by atoms with Crippen LogP contribution in [0.4, 0.5) is 0 Å². The predicted octanol–water partition coefficient (Wildman–Crippen LogP) is 2.33. The first-order chi connectivity index (χ1) is 9.43. The Morgan fingerprint density at radius 1 is 1.35 bits per heavy atom. The number of hydrogen-bond acceptors (Lipinski definition) is 2. The van der Waals surface area contributed by atoms with Gasteiger partial charge in [0.1, 0.15) is 11.6 Å². The molecular weight excluding hydrogens is 252 g/mol. The molecule has 0 aromatic rings. The van der Waals surface area contributed by atoms with E-state index >= 15 is 0 Å². The van der Waals surface area contributed by atoms with E-state index in [0.717, 1.165) is 32.1 Å². The maximum absolute atomic E-state index is 12.9. The van der Waals surface area contributed by atoms with Gasteiger partial charge in [-0.15, -0.1) is 0 Å². The van der Waals surface area contributed by atoms with Crippen LogP contribution in [0, 0.1) is 11.8 Å². The Bertz CT molecular complexity index is 392. The molecule has 4 nitrogen and oxygen atoms in total. The highest BCUT2D eigenvalue weighted by Gasteiger charge is 2.55. The van der Waals surface area contributed by atoms with Crippen molar-refractivity contribution < 1.29 is 9.59 Å². The molecule has 3 unspecified atom stereocenters. The predicted molar refractivity (Wildman–Crippen MR) is 79.1 cm³/mol. The Morgan fingerprint density at radius 2 is 2.00 bits per heavy atom. The standard InChI is InChI=1S/C16H28N2O2/c1-5-7-13-14(19)17-16(4,12-8-9-12)15(20)18(13)10-11(3)6-2/h11-13H,5-10H2,1-4H3,(H,17,19). The van der Waals surface area contributed by atoms with E-state index in [9.17, 15) is 9.59 Å².